The van der Waals surface area contributed by atoms with Crippen molar-refractivity contribution in [3.8, 4) is 0 Å². The molecular formula is C24H21NO4S. The van der Waals surface area contributed by atoms with Crippen LogP contribution < -0.4 is 0 Å². The van der Waals surface area contributed by atoms with Gasteiger partial charge in [0.15, 0.2) is 6.10 Å². The summed E-state index contributed by atoms with van der Waals surface area (Å²) in [5, 5.41) is 0.726. The molecule has 4 aromatic rings. The summed E-state index contributed by atoms with van der Waals surface area (Å²) in [6.07, 6.45) is -0.721. The molecule has 6 heteroatoms. The van der Waals surface area contributed by atoms with Crippen LogP contribution in [-0.2, 0) is 19.6 Å². The number of para-hydroxylation sites is 1. The maximum absolute atomic E-state index is 13.5. The van der Waals surface area contributed by atoms with Crippen molar-refractivity contribution in [2.45, 2.75) is 24.8 Å². The van der Waals surface area contributed by atoms with Crippen molar-refractivity contribution >= 4 is 26.9 Å². The molecule has 1 aromatic heterocycles. The van der Waals surface area contributed by atoms with Crippen molar-refractivity contribution in [1.82, 2.24) is 3.97 Å². The number of rotatable bonds is 5. The van der Waals surface area contributed by atoms with Gasteiger partial charge in [0, 0.05) is 23.6 Å². The summed E-state index contributed by atoms with van der Waals surface area (Å²) >= 11 is 0. The lowest BCUT2D eigenvalue weighted by molar-refractivity contribution is -0.144. The van der Waals surface area contributed by atoms with Gasteiger partial charge in [-0.3, -0.25) is 4.79 Å². The van der Waals surface area contributed by atoms with Crippen LogP contribution >= 0.6 is 0 Å². The zero-order chi connectivity index (χ0) is 21.3. The number of aromatic nitrogens is 1. The van der Waals surface area contributed by atoms with Gasteiger partial charge in [0.1, 0.15) is 0 Å². The van der Waals surface area contributed by atoms with Gasteiger partial charge in [-0.1, -0.05) is 66.7 Å². The Hall–Kier alpha value is -3.38. The third-order valence-electron chi connectivity index (χ3n) is 5.04. The molecule has 0 N–H and O–H groups in total. The van der Waals surface area contributed by atoms with Crippen LogP contribution in [0.3, 0.4) is 0 Å². The van der Waals surface area contributed by atoms with E-state index in [2.05, 4.69) is 0 Å². The van der Waals surface area contributed by atoms with Crippen LogP contribution in [-0.4, -0.2) is 18.4 Å². The minimum atomic E-state index is -3.84. The fraction of sp³-hybridized carbons (Fsp3) is 0.125. The predicted octanol–water partition coefficient (Wildman–Crippen LogP) is 4.84. The minimum absolute atomic E-state index is 0.198. The fourth-order valence-corrected chi connectivity index (χ4v) is 5.38. The third kappa shape index (κ3) is 3.39. The molecule has 1 heterocycles. The second kappa shape index (κ2) is 7.80. The SMILES string of the molecule is CC(=O)OC(c1ccccc1)c1c(C)n(S(=O)(=O)c2ccccc2)c2ccccc12. The van der Waals surface area contributed by atoms with Crippen molar-refractivity contribution in [3.63, 3.8) is 0 Å². The molecule has 0 saturated carbocycles. The fourth-order valence-electron chi connectivity index (χ4n) is 3.79. The van der Waals surface area contributed by atoms with E-state index in [9.17, 15) is 13.2 Å². The number of carbonyl (C=O) groups excluding carboxylic acids is 1. The number of benzene rings is 3. The van der Waals surface area contributed by atoms with Gasteiger partial charge in [-0.05, 0) is 30.7 Å². The lowest BCUT2D eigenvalue weighted by Crippen LogP contribution is -2.16. The Balaban J connectivity index is 2.03. The molecule has 0 spiro atoms. The maximum atomic E-state index is 13.5. The summed E-state index contributed by atoms with van der Waals surface area (Å²) in [4.78, 5) is 12.1. The number of nitrogens with zero attached hydrogens (tertiary/aromatic N) is 1. The first-order valence-electron chi connectivity index (χ1n) is 9.54. The molecule has 152 valence electrons. The van der Waals surface area contributed by atoms with Gasteiger partial charge in [-0.15, -0.1) is 0 Å². The van der Waals surface area contributed by atoms with E-state index in [1.165, 1.54) is 10.9 Å². The molecule has 0 saturated heterocycles. The molecule has 0 bridgehead atoms. The standard InChI is InChI=1S/C24H21NO4S/c1-17-23(24(29-18(2)26)19-11-5-3-6-12-19)21-15-9-10-16-22(21)25(17)30(27,28)20-13-7-4-8-14-20/h3-16,24H,1-2H3. The highest BCUT2D eigenvalue weighted by Gasteiger charge is 2.30. The molecule has 0 aliphatic carbocycles. The monoisotopic (exact) mass is 419 g/mol. The average molecular weight is 420 g/mol. The Labute approximate surface area is 175 Å². The summed E-state index contributed by atoms with van der Waals surface area (Å²) < 4.78 is 34.1. The number of fused-ring (bicyclic) bond motifs is 1. The number of carbonyl (C=O) groups is 1. The predicted molar refractivity (Wildman–Crippen MR) is 116 cm³/mol. The summed E-state index contributed by atoms with van der Waals surface area (Å²) in [6, 6.07) is 24.9. The Kier molecular flexibility index (Phi) is 5.18. The maximum Gasteiger partial charge on any atom is 0.303 e. The average Bonchev–Trinajstić information content (AvgIpc) is 3.05. The van der Waals surface area contributed by atoms with E-state index in [0.29, 0.717) is 16.8 Å². The number of hydrogen-bond donors (Lipinski definition) is 0. The van der Waals surface area contributed by atoms with Crippen molar-refractivity contribution in [3.05, 3.63) is 102 Å². The minimum Gasteiger partial charge on any atom is -0.453 e. The van der Waals surface area contributed by atoms with Crippen molar-refractivity contribution in [1.29, 1.82) is 0 Å². The van der Waals surface area contributed by atoms with Crippen LogP contribution in [0.2, 0.25) is 0 Å². The van der Waals surface area contributed by atoms with Crippen LogP contribution in [0.4, 0.5) is 0 Å². The second-order valence-electron chi connectivity index (χ2n) is 7.00. The quantitative estimate of drug-likeness (QED) is 0.434. The van der Waals surface area contributed by atoms with E-state index in [1.807, 2.05) is 42.5 Å². The topological polar surface area (TPSA) is 65.4 Å². The summed E-state index contributed by atoms with van der Waals surface area (Å²) in [6.45, 7) is 3.10. The zero-order valence-electron chi connectivity index (χ0n) is 16.6. The van der Waals surface area contributed by atoms with Gasteiger partial charge in [0.25, 0.3) is 10.0 Å². The van der Waals surface area contributed by atoms with E-state index in [1.54, 1.807) is 49.4 Å². The van der Waals surface area contributed by atoms with Crippen molar-refractivity contribution in [2.24, 2.45) is 0 Å². The molecule has 0 radical (unpaired) electrons. The molecule has 0 fully saturated rings. The molecule has 1 unspecified atom stereocenters. The lowest BCUT2D eigenvalue weighted by atomic mass is 9.98. The van der Waals surface area contributed by atoms with Gasteiger partial charge in [-0.2, -0.15) is 0 Å². The molecule has 5 nitrogen and oxygen atoms in total. The molecule has 0 aliphatic heterocycles. The zero-order valence-corrected chi connectivity index (χ0v) is 17.5. The smallest absolute Gasteiger partial charge is 0.303 e. The molecule has 1 atom stereocenters. The number of ether oxygens (including phenoxy) is 1. The molecule has 4 rings (SSSR count). The molecule has 3 aromatic carbocycles. The van der Waals surface area contributed by atoms with E-state index >= 15 is 0 Å². The van der Waals surface area contributed by atoms with Crippen LogP contribution in [0, 0.1) is 6.92 Å². The third-order valence-corrected chi connectivity index (χ3v) is 6.86. The lowest BCUT2D eigenvalue weighted by Gasteiger charge is -2.19. The van der Waals surface area contributed by atoms with Gasteiger partial charge >= 0.3 is 5.97 Å². The van der Waals surface area contributed by atoms with Crippen molar-refractivity contribution < 1.29 is 17.9 Å². The van der Waals surface area contributed by atoms with Crippen LogP contribution in [0.25, 0.3) is 10.9 Å². The van der Waals surface area contributed by atoms with Gasteiger partial charge in [0.2, 0.25) is 0 Å². The van der Waals surface area contributed by atoms with Crippen molar-refractivity contribution in [2.75, 3.05) is 0 Å². The summed E-state index contributed by atoms with van der Waals surface area (Å²) in [5.74, 6) is -0.439. The highest BCUT2D eigenvalue weighted by molar-refractivity contribution is 7.90. The van der Waals surface area contributed by atoms with Crippen LogP contribution in [0.5, 0.6) is 0 Å². The Morgan fingerprint density at radius 3 is 2.07 bits per heavy atom. The Bertz CT molecular complexity index is 1310. The van der Waals surface area contributed by atoms with Crippen LogP contribution in [0.1, 0.15) is 29.8 Å². The second-order valence-corrected chi connectivity index (χ2v) is 8.79. The molecular weight excluding hydrogens is 398 g/mol. The Morgan fingerprint density at radius 2 is 1.43 bits per heavy atom. The summed E-state index contributed by atoms with van der Waals surface area (Å²) in [5.41, 5.74) is 2.49. The molecule has 0 amide bonds. The summed E-state index contributed by atoms with van der Waals surface area (Å²) in [7, 11) is -3.84. The normalized spacial score (nSPS) is 12.6. The van der Waals surface area contributed by atoms with Gasteiger partial charge < -0.3 is 4.74 Å². The molecule has 30 heavy (non-hydrogen) atoms. The van der Waals surface area contributed by atoms with E-state index in [0.717, 1.165) is 10.9 Å². The van der Waals surface area contributed by atoms with E-state index in [4.69, 9.17) is 4.74 Å². The van der Waals surface area contributed by atoms with Gasteiger partial charge in [-0.25, -0.2) is 12.4 Å². The first kappa shape index (κ1) is 19.9. The first-order chi connectivity index (χ1) is 14.4. The van der Waals surface area contributed by atoms with E-state index < -0.39 is 22.1 Å². The highest BCUT2D eigenvalue weighted by atomic mass is 32.2. The number of esters is 1. The highest BCUT2D eigenvalue weighted by Crippen LogP contribution is 2.38. The van der Waals surface area contributed by atoms with Gasteiger partial charge in [0.05, 0.1) is 10.4 Å². The first-order valence-corrected chi connectivity index (χ1v) is 11.0. The molecule has 0 aliphatic rings. The van der Waals surface area contributed by atoms with Crippen LogP contribution in [0.15, 0.2) is 89.8 Å². The number of hydrogen-bond acceptors (Lipinski definition) is 4. The van der Waals surface area contributed by atoms with E-state index in [-0.39, 0.29) is 4.90 Å². The Morgan fingerprint density at radius 1 is 0.867 bits per heavy atom. The largest absolute Gasteiger partial charge is 0.453 e.